The van der Waals surface area contributed by atoms with Gasteiger partial charge in [-0.1, -0.05) is 6.42 Å². The van der Waals surface area contributed by atoms with Crippen LogP contribution < -0.4 is 0 Å². The highest BCUT2D eigenvalue weighted by molar-refractivity contribution is 5.79. The van der Waals surface area contributed by atoms with E-state index in [0.717, 1.165) is 32.4 Å². The molecular weight excluding hydrogens is 202 g/mol. The van der Waals surface area contributed by atoms with Crippen LogP contribution in [0, 0.1) is 5.92 Å². The predicted molar refractivity (Wildman–Crippen MR) is 63.2 cm³/mol. The van der Waals surface area contributed by atoms with Crippen LogP contribution >= 0.6 is 0 Å². The minimum absolute atomic E-state index is 0.331. The third kappa shape index (κ3) is 2.97. The quantitative estimate of drug-likeness (QED) is 0.734. The van der Waals surface area contributed by atoms with E-state index < -0.39 is 0 Å². The average Bonchev–Trinajstić information content (AvgIpc) is 2.25. The number of hydrogen-bond acceptors (Lipinski definition) is 2. The summed E-state index contributed by atoms with van der Waals surface area (Å²) in [5.41, 5.74) is 0. The van der Waals surface area contributed by atoms with Crippen molar-refractivity contribution in [2.45, 2.75) is 51.0 Å². The van der Waals surface area contributed by atoms with Crippen LogP contribution in [0.15, 0.2) is 0 Å². The maximum atomic E-state index is 11.9. The molecular formula is C13H23NO2. The first-order valence-electron chi connectivity index (χ1n) is 6.64. The molecule has 1 atom stereocenters. The molecule has 0 radical (unpaired) electrons. The maximum absolute atomic E-state index is 11.9. The Morgan fingerprint density at radius 2 is 2.06 bits per heavy atom. The summed E-state index contributed by atoms with van der Waals surface area (Å²) < 4.78 is 5.67. The molecule has 0 spiro atoms. The molecule has 2 rings (SSSR count). The zero-order chi connectivity index (χ0) is 11.4. The Morgan fingerprint density at radius 1 is 1.25 bits per heavy atom. The second-order valence-electron chi connectivity index (χ2n) is 5.16. The largest absolute Gasteiger partial charge is 0.378 e. The number of ether oxygens (including phenoxy) is 1. The molecule has 1 saturated carbocycles. The molecule has 1 heterocycles. The summed E-state index contributed by atoms with van der Waals surface area (Å²) in [6.07, 6.45) is 8.49. The van der Waals surface area contributed by atoms with Gasteiger partial charge in [-0.3, -0.25) is 4.79 Å². The number of carbonyl (C=O) groups excluding carboxylic acids is 1. The summed E-state index contributed by atoms with van der Waals surface area (Å²) >= 11 is 0. The zero-order valence-corrected chi connectivity index (χ0v) is 10.3. The standard InChI is InChI=1S/C13H23NO2/c1-14(13(15)11-5-4-6-11)9-8-12-7-2-3-10-16-12/h11-12H,2-10H2,1H3. The Labute approximate surface area is 98.1 Å². The molecule has 0 N–H and O–H groups in total. The fraction of sp³-hybridized carbons (Fsp3) is 0.923. The molecule has 2 fully saturated rings. The summed E-state index contributed by atoms with van der Waals surface area (Å²) in [5.74, 6) is 0.680. The van der Waals surface area contributed by atoms with E-state index in [1.807, 2.05) is 11.9 Å². The molecule has 2 aliphatic rings. The molecule has 0 aromatic rings. The Balaban J connectivity index is 1.65. The van der Waals surface area contributed by atoms with E-state index in [1.54, 1.807) is 0 Å². The maximum Gasteiger partial charge on any atom is 0.225 e. The van der Waals surface area contributed by atoms with Crippen molar-refractivity contribution in [2.24, 2.45) is 5.92 Å². The second-order valence-corrected chi connectivity index (χ2v) is 5.16. The molecule has 1 aliphatic carbocycles. The summed E-state index contributed by atoms with van der Waals surface area (Å²) in [7, 11) is 1.93. The highest BCUT2D eigenvalue weighted by atomic mass is 16.5. The molecule has 1 aliphatic heterocycles. The van der Waals surface area contributed by atoms with E-state index >= 15 is 0 Å². The average molecular weight is 225 g/mol. The molecule has 0 aromatic carbocycles. The predicted octanol–water partition coefficient (Wildman–Crippen LogP) is 2.20. The third-order valence-corrected chi connectivity index (χ3v) is 3.89. The van der Waals surface area contributed by atoms with Crippen molar-refractivity contribution in [1.82, 2.24) is 4.90 Å². The summed E-state index contributed by atoms with van der Waals surface area (Å²) in [4.78, 5) is 13.8. The summed E-state index contributed by atoms with van der Waals surface area (Å²) in [6, 6.07) is 0. The van der Waals surface area contributed by atoms with Crippen LogP contribution in [0.2, 0.25) is 0 Å². The normalized spacial score (nSPS) is 26.2. The molecule has 1 saturated heterocycles. The van der Waals surface area contributed by atoms with Crippen LogP contribution in [0.1, 0.15) is 44.9 Å². The molecule has 1 amide bonds. The van der Waals surface area contributed by atoms with Gasteiger partial charge in [-0.2, -0.15) is 0 Å². The van der Waals surface area contributed by atoms with Gasteiger partial charge in [0, 0.05) is 26.1 Å². The van der Waals surface area contributed by atoms with Crippen molar-refractivity contribution < 1.29 is 9.53 Å². The zero-order valence-electron chi connectivity index (χ0n) is 10.3. The van der Waals surface area contributed by atoms with Gasteiger partial charge in [0.15, 0.2) is 0 Å². The lowest BCUT2D eigenvalue weighted by molar-refractivity contribution is -0.137. The first-order chi connectivity index (χ1) is 7.77. The molecule has 3 nitrogen and oxygen atoms in total. The van der Waals surface area contributed by atoms with E-state index in [0.29, 0.717) is 17.9 Å². The monoisotopic (exact) mass is 225 g/mol. The Morgan fingerprint density at radius 3 is 2.62 bits per heavy atom. The second kappa shape index (κ2) is 5.67. The molecule has 3 heteroatoms. The highest BCUT2D eigenvalue weighted by Crippen LogP contribution is 2.28. The fourth-order valence-electron chi connectivity index (χ4n) is 2.45. The van der Waals surface area contributed by atoms with Crippen molar-refractivity contribution >= 4 is 5.91 Å². The number of hydrogen-bond donors (Lipinski definition) is 0. The smallest absolute Gasteiger partial charge is 0.225 e. The van der Waals surface area contributed by atoms with E-state index in [1.165, 1.54) is 25.7 Å². The fourth-order valence-corrected chi connectivity index (χ4v) is 2.45. The lowest BCUT2D eigenvalue weighted by Gasteiger charge is -2.30. The van der Waals surface area contributed by atoms with Crippen LogP contribution in [0.4, 0.5) is 0 Å². The van der Waals surface area contributed by atoms with E-state index in [4.69, 9.17) is 4.74 Å². The van der Waals surface area contributed by atoms with Crippen LogP contribution in [0.3, 0.4) is 0 Å². The summed E-state index contributed by atoms with van der Waals surface area (Å²) in [5, 5.41) is 0. The SMILES string of the molecule is CN(CCC1CCCCO1)C(=O)C1CCC1. The molecule has 0 aromatic heterocycles. The first-order valence-corrected chi connectivity index (χ1v) is 6.64. The van der Waals surface area contributed by atoms with E-state index in [9.17, 15) is 4.79 Å². The molecule has 16 heavy (non-hydrogen) atoms. The van der Waals surface area contributed by atoms with Gasteiger partial charge in [0.1, 0.15) is 0 Å². The van der Waals surface area contributed by atoms with Crippen LogP contribution in [0.25, 0.3) is 0 Å². The first kappa shape index (κ1) is 11.9. The van der Waals surface area contributed by atoms with Gasteiger partial charge in [0.2, 0.25) is 5.91 Å². The van der Waals surface area contributed by atoms with E-state index in [2.05, 4.69) is 0 Å². The molecule has 92 valence electrons. The number of nitrogens with zero attached hydrogens (tertiary/aromatic N) is 1. The van der Waals surface area contributed by atoms with Gasteiger partial charge in [0.25, 0.3) is 0 Å². The number of rotatable bonds is 4. The lowest BCUT2D eigenvalue weighted by atomic mass is 9.84. The van der Waals surface area contributed by atoms with Gasteiger partial charge in [-0.25, -0.2) is 0 Å². The van der Waals surface area contributed by atoms with Gasteiger partial charge >= 0.3 is 0 Å². The van der Waals surface area contributed by atoms with Crippen LogP contribution in [0.5, 0.6) is 0 Å². The van der Waals surface area contributed by atoms with Crippen molar-refractivity contribution in [1.29, 1.82) is 0 Å². The van der Waals surface area contributed by atoms with Gasteiger partial charge in [-0.05, 0) is 38.5 Å². The van der Waals surface area contributed by atoms with Crippen molar-refractivity contribution in [3.05, 3.63) is 0 Å². The van der Waals surface area contributed by atoms with Gasteiger partial charge in [-0.15, -0.1) is 0 Å². The van der Waals surface area contributed by atoms with E-state index in [-0.39, 0.29) is 0 Å². The molecule has 0 bridgehead atoms. The summed E-state index contributed by atoms with van der Waals surface area (Å²) in [6.45, 7) is 1.77. The number of carbonyl (C=O) groups is 1. The van der Waals surface area contributed by atoms with Crippen LogP contribution in [-0.4, -0.2) is 37.1 Å². The Hall–Kier alpha value is -0.570. The lowest BCUT2D eigenvalue weighted by Crippen LogP contribution is -2.38. The van der Waals surface area contributed by atoms with Crippen molar-refractivity contribution in [3.63, 3.8) is 0 Å². The third-order valence-electron chi connectivity index (χ3n) is 3.89. The molecule has 1 unspecified atom stereocenters. The minimum Gasteiger partial charge on any atom is -0.378 e. The van der Waals surface area contributed by atoms with Gasteiger partial charge in [0.05, 0.1) is 6.10 Å². The topological polar surface area (TPSA) is 29.5 Å². The Bertz CT molecular complexity index is 232. The Kier molecular flexibility index (Phi) is 4.22. The van der Waals surface area contributed by atoms with Gasteiger partial charge < -0.3 is 9.64 Å². The van der Waals surface area contributed by atoms with Crippen LogP contribution in [-0.2, 0) is 9.53 Å². The van der Waals surface area contributed by atoms with Crippen molar-refractivity contribution in [2.75, 3.05) is 20.2 Å². The highest BCUT2D eigenvalue weighted by Gasteiger charge is 2.28. The number of amides is 1. The minimum atomic E-state index is 0.331. The van der Waals surface area contributed by atoms with Crippen molar-refractivity contribution in [3.8, 4) is 0 Å².